The van der Waals surface area contributed by atoms with Gasteiger partial charge in [-0.05, 0) is 41.1 Å². The van der Waals surface area contributed by atoms with Gasteiger partial charge in [0.25, 0.3) is 5.91 Å². The Morgan fingerprint density at radius 1 is 1.44 bits per heavy atom. The smallest absolute Gasteiger partial charge is 0.257 e. The van der Waals surface area contributed by atoms with E-state index >= 15 is 0 Å². The number of aryl methyl sites for hydroxylation is 1. The van der Waals surface area contributed by atoms with Gasteiger partial charge in [0, 0.05) is 10.9 Å². The number of hydrogen-bond donors (Lipinski definition) is 2. The normalized spacial score (nSPS) is 10.4. The maximum Gasteiger partial charge on any atom is 0.257 e. The van der Waals surface area contributed by atoms with Gasteiger partial charge in [-0.15, -0.1) is 11.3 Å². The molecule has 1 aromatic heterocycles. The number of anilines is 1. The van der Waals surface area contributed by atoms with E-state index in [-0.39, 0.29) is 11.4 Å². The van der Waals surface area contributed by atoms with E-state index in [2.05, 4.69) is 21.2 Å². The van der Waals surface area contributed by atoms with Crippen LogP contribution in [0.1, 0.15) is 15.2 Å². The second-order valence-electron chi connectivity index (χ2n) is 3.66. The Hall–Kier alpha value is -1.40. The van der Waals surface area contributed by atoms with Crippen LogP contribution in [0.4, 0.5) is 10.1 Å². The molecule has 0 saturated carbocycles. The number of benzene rings is 1. The maximum atomic E-state index is 13.0. The molecule has 1 aromatic carbocycles. The Morgan fingerprint density at radius 3 is 2.78 bits per heavy atom. The quantitative estimate of drug-likeness (QED) is 0.820. The molecule has 0 spiro atoms. The molecule has 1 heterocycles. The lowest BCUT2D eigenvalue weighted by Gasteiger charge is -2.06. The number of hydrogen-bond acceptors (Lipinski definition) is 3. The number of halogens is 2. The molecule has 0 saturated heterocycles. The summed E-state index contributed by atoms with van der Waals surface area (Å²) in [5, 5.41) is 12.0. The summed E-state index contributed by atoms with van der Waals surface area (Å²) in [7, 11) is 0. The summed E-state index contributed by atoms with van der Waals surface area (Å²) in [5.74, 6) is -1.09. The van der Waals surface area contributed by atoms with E-state index < -0.39 is 11.7 Å². The molecule has 0 aliphatic heterocycles. The van der Waals surface area contributed by atoms with Crippen LogP contribution in [0.3, 0.4) is 0 Å². The minimum Gasteiger partial charge on any atom is -0.506 e. The van der Waals surface area contributed by atoms with Crippen LogP contribution in [-0.4, -0.2) is 11.0 Å². The lowest BCUT2D eigenvalue weighted by Crippen LogP contribution is -2.11. The first-order valence-corrected chi connectivity index (χ1v) is 6.64. The lowest BCUT2D eigenvalue weighted by atomic mass is 10.2. The van der Waals surface area contributed by atoms with Crippen LogP contribution in [0.15, 0.2) is 28.1 Å². The Kier molecular flexibility index (Phi) is 3.68. The molecule has 18 heavy (non-hydrogen) atoms. The second kappa shape index (κ2) is 5.07. The van der Waals surface area contributed by atoms with Crippen LogP contribution in [0.2, 0.25) is 0 Å². The molecule has 0 unspecified atom stereocenters. The van der Waals surface area contributed by atoms with Crippen molar-refractivity contribution in [1.29, 1.82) is 0 Å². The summed E-state index contributed by atoms with van der Waals surface area (Å²) < 4.78 is 13.7. The van der Waals surface area contributed by atoms with Gasteiger partial charge in [-0.3, -0.25) is 4.79 Å². The molecule has 3 nitrogen and oxygen atoms in total. The zero-order valence-corrected chi connectivity index (χ0v) is 11.7. The number of thiophene rings is 1. The number of nitrogens with one attached hydrogen (secondary N) is 1. The van der Waals surface area contributed by atoms with Crippen molar-refractivity contribution in [1.82, 2.24) is 0 Å². The summed E-state index contributed by atoms with van der Waals surface area (Å²) >= 11 is 4.72. The van der Waals surface area contributed by atoms with Crippen LogP contribution in [0.5, 0.6) is 5.75 Å². The van der Waals surface area contributed by atoms with Gasteiger partial charge in [0.2, 0.25) is 0 Å². The van der Waals surface area contributed by atoms with Gasteiger partial charge in [0.1, 0.15) is 11.6 Å². The van der Waals surface area contributed by atoms with Gasteiger partial charge in [0.15, 0.2) is 0 Å². The van der Waals surface area contributed by atoms with Crippen LogP contribution in [-0.2, 0) is 0 Å². The van der Waals surface area contributed by atoms with Crippen LogP contribution < -0.4 is 5.32 Å². The van der Waals surface area contributed by atoms with Gasteiger partial charge in [-0.25, -0.2) is 4.39 Å². The molecule has 0 aliphatic carbocycles. The topological polar surface area (TPSA) is 49.3 Å². The van der Waals surface area contributed by atoms with E-state index in [1.54, 1.807) is 6.07 Å². The number of phenols is 1. The van der Waals surface area contributed by atoms with Crippen molar-refractivity contribution in [3.8, 4) is 5.75 Å². The minimum absolute atomic E-state index is 0.0516. The fraction of sp³-hybridized carbons (Fsp3) is 0.0833. The first-order valence-electron chi connectivity index (χ1n) is 5.03. The van der Waals surface area contributed by atoms with Crippen LogP contribution >= 0.6 is 27.3 Å². The van der Waals surface area contributed by atoms with E-state index in [0.717, 1.165) is 17.0 Å². The van der Waals surface area contributed by atoms with E-state index in [0.29, 0.717) is 9.35 Å². The molecule has 94 valence electrons. The SMILES string of the molecule is Cc1cc(C(=O)Nc2cc(F)ccc2O)c(Br)s1. The number of carbonyl (C=O) groups is 1. The fourth-order valence-electron chi connectivity index (χ4n) is 1.44. The molecule has 0 bridgehead atoms. The maximum absolute atomic E-state index is 13.0. The molecular formula is C12H9BrFNO2S. The number of phenolic OH excluding ortho intramolecular Hbond substituents is 1. The minimum atomic E-state index is -0.524. The Bertz CT molecular complexity index is 612. The predicted molar refractivity (Wildman–Crippen MR) is 72.8 cm³/mol. The summed E-state index contributed by atoms with van der Waals surface area (Å²) in [6.45, 7) is 1.88. The summed E-state index contributed by atoms with van der Waals surface area (Å²) in [6, 6.07) is 5.11. The van der Waals surface area contributed by atoms with Crippen molar-refractivity contribution in [3.63, 3.8) is 0 Å². The highest BCUT2D eigenvalue weighted by atomic mass is 79.9. The van der Waals surface area contributed by atoms with Crippen LogP contribution in [0.25, 0.3) is 0 Å². The third kappa shape index (κ3) is 2.70. The molecule has 2 N–H and O–H groups in total. The molecule has 0 radical (unpaired) electrons. The predicted octanol–water partition coefficient (Wildman–Crippen LogP) is 3.92. The average molecular weight is 330 g/mol. The van der Waals surface area contributed by atoms with Crippen molar-refractivity contribution in [3.05, 3.63) is 44.3 Å². The van der Waals surface area contributed by atoms with E-state index in [1.807, 2.05) is 6.92 Å². The first kappa shape index (κ1) is 13.0. The van der Waals surface area contributed by atoms with Gasteiger partial charge < -0.3 is 10.4 Å². The molecule has 2 rings (SSSR count). The summed E-state index contributed by atoms with van der Waals surface area (Å²) in [4.78, 5) is 12.9. The molecule has 0 aliphatic rings. The van der Waals surface area contributed by atoms with Crippen molar-refractivity contribution in [2.45, 2.75) is 6.92 Å². The largest absolute Gasteiger partial charge is 0.506 e. The Morgan fingerprint density at radius 2 is 2.17 bits per heavy atom. The van der Waals surface area contributed by atoms with Crippen molar-refractivity contribution < 1.29 is 14.3 Å². The van der Waals surface area contributed by atoms with E-state index in [1.165, 1.54) is 17.4 Å². The van der Waals surface area contributed by atoms with E-state index in [4.69, 9.17) is 0 Å². The Balaban J connectivity index is 2.26. The highest BCUT2D eigenvalue weighted by Gasteiger charge is 2.15. The molecule has 1 amide bonds. The molecule has 0 atom stereocenters. The molecular weight excluding hydrogens is 321 g/mol. The van der Waals surface area contributed by atoms with Crippen molar-refractivity contribution in [2.24, 2.45) is 0 Å². The molecule has 6 heteroatoms. The highest BCUT2D eigenvalue weighted by Crippen LogP contribution is 2.29. The number of aromatic hydroxyl groups is 1. The fourth-order valence-corrected chi connectivity index (χ4v) is 3.22. The van der Waals surface area contributed by atoms with Crippen molar-refractivity contribution >= 4 is 38.9 Å². The van der Waals surface area contributed by atoms with E-state index in [9.17, 15) is 14.3 Å². The standard InChI is InChI=1S/C12H9BrFNO2S/c1-6-4-8(11(13)18-6)12(17)15-9-5-7(14)2-3-10(9)16/h2-5,16H,1H3,(H,15,17). The first-order chi connectivity index (χ1) is 8.47. The average Bonchev–Trinajstić information content (AvgIpc) is 2.63. The monoisotopic (exact) mass is 329 g/mol. The van der Waals surface area contributed by atoms with Gasteiger partial charge >= 0.3 is 0 Å². The zero-order chi connectivity index (χ0) is 13.3. The lowest BCUT2D eigenvalue weighted by molar-refractivity contribution is 0.102. The van der Waals surface area contributed by atoms with Crippen molar-refractivity contribution in [2.75, 3.05) is 5.32 Å². The number of carbonyl (C=O) groups excluding carboxylic acids is 1. The third-order valence-corrected chi connectivity index (χ3v) is 4.01. The number of amides is 1. The van der Waals surface area contributed by atoms with Gasteiger partial charge in [-0.1, -0.05) is 0 Å². The zero-order valence-electron chi connectivity index (χ0n) is 9.33. The van der Waals surface area contributed by atoms with Gasteiger partial charge in [0.05, 0.1) is 15.0 Å². The van der Waals surface area contributed by atoms with Crippen LogP contribution in [0, 0.1) is 12.7 Å². The third-order valence-electron chi connectivity index (χ3n) is 2.26. The molecule has 0 fully saturated rings. The second-order valence-corrected chi connectivity index (χ2v) is 6.23. The molecule has 2 aromatic rings. The summed E-state index contributed by atoms with van der Waals surface area (Å²) in [5.41, 5.74) is 0.511. The highest BCUT2D eigenvalue weighted by molar-refractivity contribution is 9.11. The van der Waals surface area contributed by atoms with Gasteiger partial charge in [-0.2, -0.15) is 0 Å². The number of rotatable bonds is 2. The Labute approximate surface area is 115 Å². The summed E-state index contributed by atoms with van der Waals surface area (Å²) in [6.07, 6.45) is 0.